The number of carbonyl (C=O) groups is 2. The predicted molar refractivity (Wildman–Crippen MR) is 144 cm³/mol. The van der Waals surface area contributed by atoms with Gasteiger partial charge >= 0.3 is 0 Å². The van der Waals surface area contributed by atoms with Crippen LogP contribution in [0.15, 0.2) is 42.5 Å². The van der Waals surface area contributed by atoms with Crippen LogP contribution in [0.25, 0.3) is 0 Å². The van der Waals surface area contributed by atoms with E-state index in [1.807, 2.05) is 13.0 Å². The molecule has 0 unspecified atom stereocenters. The molecule has 7 nitrogen and oxygen atoms in total. The Balaban J connectivity index is 1.94. The molecule has 3 rings (SSSR count). The number of aryl methyl sites for hydroxylation is 2. The molecule has 1 saturated carbocycles. The van der Waals surface area contributed by atoms with E-state index in [9.17, 15) is 22.4 Å². The van der Waals surface area contributed by atoms with Gasteiger partial charge < -0.3 is 10.2 Å². The number of amides is 2. The van der Waals surface area contributed by atoms with E-state index in [0.717, 1.165) is 53.8 Å². The summed E-state index contributed by atoms with van der Waals surface area (Å²) in [6.45, 7) is 5.04. The topological polar surface area (TPSA) is 86.8 Å². The van der Waals surface area contributed by atoms with Gasteiger partial charge in [-0.3, -0.25) is 13.9 Å². The quantitative estimate of drug-likeness (QED) is 0.490. The Kier molecular flexibility index (Phi) is 9.70. The first-order valence-electron chi connectivity index (χ1n) is 12.9. The van der Waals surface area contributed by atoms with Crippen molar-refractivity contribution in [1.82, 2.24) is 10.2 Å². The van der Waals surface area contributed by atoms with Gasteiger partial charge in [0.25, 0.3) is 0 Å². The van der Waals surface area contributed by atoms with Crippen molar-refractivity contribution in [2.45, 2.75) is 77.9 Å². The average Bonchev–Trinajstić information content (AvgIpc) is 2.84. The molecule has 9 heteroatoms. The second kappa shape index (κ2) is 12.5. The van der Waals surface area contributed by atoms with Crippen LogP contribution in [0.3, 0.4) is 0 Å². The van der Waals surface area contributed by atoms with Gasteiger partial charge in [-0.15, -0.1) is 0 Å². The van der Waals surface area contributed by atoms with Gasteiger partial charge in [-0.25, -0.2) is 12.8 Å². The number of hydrogen-bond acceptors (Lipinski definition) is 4. The molecule has 0 aromatic heterocycles. The summed E-state index contributed by atoms with van der Waals surface area (Å²) in [6.07, 6.45) is 6.50. The molecule has 2 aromatic rings. The van der Waals surface area contributed by atoms with Gasteiger partial charge in [0.15, 0.2) is 0 Å². The van der Waals surface area contributed by atoms with Crippen molar-refractivity contribution >= 4 is 27.5 Å². The van der Waals surface area contributed by atoms with Crippen molar-refractivity contribution in [3.63, 3.8) is 0 Å². The molecule has 0 heterocycles. The number of benzene rings is 2. The summed E-state index contributed by atoms with van der Waals surface area (Å²) >= 11 is 0. The zero-order valence-corrected chi connectivity index (χ0v) is 23.0. The number of sulfonamides is 1. The van der Waals surface area contributed by atoms with E-state index in [1.54, 1.807) is 38.1 Å². The summed E-state index contributed by atoms with van der Waals surface area (Å²) < 4.78 is 40.4. The third kappa shape index (κ3) is 7.53. The van der Waals surface area contributed by atoms with Gasteiger partial charge in [-0.05, 0) is 61.9 Å². The van der Waals surface area contributed by atoms with E-state index in [1.165, 1.54) is 17.0 Å². The van der Waals surface area contributed by atoms with Crippen molar-refractivity contribution in [3.8, 4) is 0 Å². The van der Waals surface area contributed by atoms with E-state index in [2.05, 4.69) is 5.32 Å². The van der Waals surface area contributed by atoms with Crippen molar-refractivity contribution in [2.75, 3.05) is 17.1 Å². The molecular formula is C28H38FN3O4S. The second-order valence-electron chi connectivity index (χ2n) is 9.93. The lowest BCUT2D eigenvalue weighted by molar-refractivity contribution is -0.140. The Hall–Kier alpha value is -2.94. The smallest absolute Gasteiger partial charge is 0.244 e. The lowest BCUT2D eigenvalue weighted by Crippen LogP contribution is -2.54. The van der Waals surface area contributed by atoms with Gasteiger partial charge in [0.05, 0.1) is 11.9 Å². The fraction of sp³-hybridized carbons (Fsp3) is 0.500. The maximum Gasteiger partial charge on any atom is 0.244 e. The summed E-state index contributed by atoms with van der Waals surface area (Å²) in [5.74, 6) is -1.15. The first-order valence-corrected chi connectivity index (χ1v) is 14.7. The Morgan fingerprint density at radius 1 is 1.03 bits per heavy atom. The zero-order valence-electron chi connectivity index (χ0n) is 22.2. The Bertz CT molecular complexity index is 1170. The molecule has 0 aliphatic heterocycles. The van der Waals surface area contributed by atoms with Gasteiger partial charge in [0, 0.05) is 12.6 Å². The molecule has 0 bridgehead atoms. The molecule has 1 atom stereocenters. The highest BCUT2D eigenvalue weighted by molar-refractivity contribution is 7.92. The highest BCUT2D eigenvalue weighted by atomic mass is 32.2. The fourth-order valence-electron chi connectivity index (χ4n) is 5.03. The fourth-order valence-corrected chi connectivity index (χ4v) is 5.99. The molecule has 1 aliphatic rings. The average molecular weight is 532 g/mol. The first-order chi connectivity index (χ1) is 17.5. The van der Waals surface area contributed by atoms with E-state index in [4.69, 9.17) is 0 Å². The van der Waals surface area contributed by atoms with Crippen LogP contribution in [0, 0.1) is 19.7 Å². The van der Waals surface area contributed by atoms with Crippen LogP contribution in [0.1, 0.15) is 62.1 Å². The number of rotatable bonds is 10. The van der Waals surface area contributed by atoms with Crippen LogP contribution >= 0.6 is 0 Å². The number of anilines is 1. The van der Waals surface area contributed by atoms with Crippen LogP contribution in [0.2, 0.25) is 0 Å². The van der Waals surface area contributed by atoms with E-state index in [-0.39, 0.29) is 18.5 Å². The standard InChI is InChI=1S/C28H38FN3O4S/c1-5-25(28(34)30-24-12-7-6-8-13-24)31(18-22-14-16-23(29)17-15-22)26(33)19-32(37(4,35)36)27-20(2)10-9-11-21(27)3/h9-11,14-17,24-25H,5-8,12-13,18-19H2,1-4H3,(H,30,34)/t25-/m1/s1. The van der Waals surface area contributed by atoms with Crippen LogP contribution in [-0.4, -0.2) is 50.0 Å². The molecule has 0 saturated heterocycles. The third-order valence-electron chi connectivity index (χ3n) is 6.97. The van der Waals surface area contributed by atoms with Crippen LogP contribution < -0.4 is 9.62 Å². The number of nitrogens with zero attached hydrogens (tertiary/aromatic N) is 2. The Morgan fingerprint density at radius 3 is 2.16 bits per heavy atom. The molecular weight excluding hydrogens is 493 g/mol. The SMILES string of the molecule is CC[C@H](C(=O)NC1CCCCC1)N(Cc1ccc(F)cc1)C(=O)CN(c1c(C)cccc1C)S(C)(=O)=O. The van der Waals surface area contributed by atoms with E-state index in [0.29, 0.717) is 17.7 Å². The number of para-hydroxylation sites is 1. The van der Waals surface area contributed by atoms with Crippen LogP contribution in [0.4, 0.5) is 10.1 Å². The maximum atomic E-state index is 13.8. The highest BCUT2D eigenvalue weighted by Crippen LogP contribution is 2.27. The third-order valence-corrected chi connectivity index (χ3v) is 8.08. The molecule has 37 heavy (non-hydrogen) atoms. The second-order valence-corrected chi connectivity index (χ2v) is 11.8. The molecule has 1 N–H and O–H groups in total. The number of carbonyl (C=O) groups excluding carboxylic acids is 2. The van der Waals surface area contributed by atoms with Crippen molar-refractivity contribution in [1.29, 1.82) is 0 Å². The summed E-state index contributed by atoms with van der Waals surface area (Å²) in [5, 5.41) is 3.11. The van der Waals surface area contributed by atoms with Gasteiger partial charge in [0.1, 0.15) is 18.4 Å². The van der Waals surface area contributed by atoms with E-state index < -0.39 is 34.3 Å². The number of nitrogens with one attached hydrogen (secondary N) is 1. The van der Waals surface area contributed by atoms with Crippen molar-refractivity contribution in [2.24, 2.45) is 0 Å². The van der Waals surface area contributed by atoms with Gasteiger partial charge in [-0.2, -0.15) is 0 Å². The van der Waals surface area contributed by atoms with Gasteiger partial charge in [0.2, 0.25) is 21.8 Å². The molecule has 1 fully saturated rings. The molecule has 0 spiro atoms. The minimum Gasteiger partial charge on any atom is -0.352 e. The lowest BCUT2D eigenvalue weighted by atomic mass is 9.95. The molecule has 2 aromatic carbocycles. The van der Waals surface area contributed by atoms with Gasteiger partial charge in [-0.1, -0.05) is 56.5 Å². The molecule has 0 radical (unpaired) electrons. The minimum atomic E-state index is -3.81. The summed E-state index contributed by atoms with van der Waals surface area (Å²) in [4.78, 5) is 28.7. The maximum absolute atomic E-state index is 13.8. The molecule has 1 aliphatic carbocycles. The molecule has 2 amide bonds. The van der Waals surface area contributed by atoms with Crippen LogP contribution in [0.5, 0.6) is 0 Å². The summed E-state index contributed by atoms with van der Waals surface area (Å²) in [7, 11) is -3.81. The summed E-state index contributed by atoms with van der Waals surface area (Å²) in [6, 6.07) is 10.5. The first kappa shape index (κ1) is 28.6. The Labute approximate surface area is 220 Å². The minimum absolute atomic E-state index is 0.0556. The number of halogens is 1. The van der Waals surface area contributed by atoms with Crippen molar-refractivity contribution in [3.05, 3.63) is 65.0 Å². The predicted octanol–water partition coefficient (Wildman–Crippen LogP) is 4.46. The van der Waals surface area contributed by atoms with E-state index >= 15 is 0 Å². The monoisotopic (exact) mass is 531 g/mol. The van der Waals surface area contributed by atoms with Crippen LogP contribution in [-0.2, 0) is 26.2 Å². The normalized spacial score (nSPS) is 15.2. The number of hydrogen-bond donors (Lipinski definition) is 1. The molecule has 202 valence electrons. The summed E-state index contributed by atoms with van der Waals surface area (Å²) in [5.41, 5.74) is 2.56. The highest BCUT2D eigenvalue weighted by Gasteiger charge is 2.33. The lowest BCUT2D eigenvalue weighted by Gasteiger charge is -2.34. The van der Waals surface area contributed by atoms with Crippen molar-refractivity contribution < 1.29 is 22.4 Å². The zero-order chi connectivity index (χ0) is 27.2. The largest absolute Gasteiger partial charge is 0.352 e. The Morgan fingerprint density at radius 2 is 1.62 bits per heavy atom.